The van der Waals surface area contributed by atoms with Crippen LogP contribution < -0.4 is 26.0 Å². The zero-order valence-electron chi connectivity index (χ0n) is 24.0. The first-order valence-corrected chi connectivity index (χ1v) is 14.3. The van der Waals surface area contributed by atoms with Crippen LogP contribution in [0.2, 0.25) is 0 Å². The molecule has 3 aromatic rings. The molecule has 1 aliphatic rings. The van der Waals surface area contributed by atoms with Gasteiger partial charge < -0.3 is 26.0 Å². The van der Waals surface area contributed by atoms with E-state index in [1.165, 1.54) is 0 Å². The van der Waals surface area contributed by atoms with Crippen LogP contribution in [-0.4, -0.2) is 48.9 Å². The second-order valence-electron chi connectivity index (χ2n) is 10.7. The Kier molecular flexibility index (Phi) is 10.7. The molecule has 0 unspecified atom stereocenters. The van der Waals surface area contributed by atoms with Crippen LogP contribution in [0.15, 0.2) is 84.9 Å². The molecule has 0 aromatic heterocycles. The Balaban J connectivity index is 1.59. The number of nitrogens with one attached hydrogen (secondary N) is 4. The number of rotatable bonds is 6. The van der Waals surface area contributed by atoms with Gasteiger partial charge in [-0.1, -0.05) is 86.6 Å². The molecule has 4 amide bonds. The number of benzene rings is 3. The van der Waals surface area contributed by atoms with Gasteiger partial charge in [-0.05, 0) is 42.0 Å². The Morgan fingerprint density at radius 1 is 0.881 bits per heavy atom. The van der Waals surface area contributed by atoms with Gasteiger partial charge in [-0.25, -0.2) is 0 Å². The van der Waals surface area contributed by atoms with E-state index in [1.54, 1.807) is 48.5 Å². The Morgan fingerprint density at radius 2 is 1.55 bits per heavy atom. The van der Waals surface area contributed by atoms with Crippen LogP contribution in [0.1, 0.15) is 54.2 Å². The van der Waals surface area contributed by atoms with Crippen molar-refractivity contribution in [2.24, 2.45) is 5.92 Å². The van der Waals surface area contributed by atoms with Gasteiger partial charge in [0.25, 0.3) is 5.91 Å². The van der Waals surface area contributed by atoms with Crippen LogP contribution in [0.25, 0.3) is 0 Å². The topological polar surface area (TPSA) is 126 Å². The second kappa shape index (κ2) is 14.8. The fraction of sp³-hybridized carbons (Fsp3) is 0.333. The summed E-state index contributed by atoms with van der Waals surface area (Å²) in [5, 5.41) is 11.5. The molecular weight excluding hydrogens is 532 g/mol. The largest absolute Gasteiger partial charge is 0.491 e. The minimum absolute atomic E-state index is 0.00158. The normalized spacial score (nSPS) is 20.1. The average molecular weight is 571 g/mol. The number of amides is 4. The number of fused-ring (bicyclic) bond motifs is 1. The second-order valence-corrected chi connectivity index (χ2v) is 10.7. The maximum atomic E-state index is 13.5. The summed E-state index contributed by atoms with van der Waals surface area (Å²) < 4.78 is 6.06. The van der Waals surface area contributed by atoms with Gasteiger partial charge in [0.1, 0.15) is 24.4 Å². The molecule has 0 fully saturated rings. The Labute approximate surface area is 246 Å². The van der Waals surface area contributed by atoms with E-state index in [0.29, 0.717) is 24.3 Å². The lowest BCUT2D eigenvalue weighted by molar-refractivity contribution is -0.130. The van der Waals surface area contributed by atoms with Crippen molar-refractivity contribution in [1.82, 2.24) is 21.3 Å². The van der Waals surface area contributed by atoms with Gasteiger partial charge in [0.15, 0.2) is 0 Å². The molecule has 220 valence electrons. The smallest absolute Gasteiger partial charge is 0.255 e. The molecular formula is C33H38N4O5. The van der Waals surface area contributed by atoms with Gasteiger partial charge in [0, 0.05) is 13.0 Å². The molecule has 9 nitrogen and oxygen atoms in total. The summed E-state index contributed by atoms with van der Waals surface area (Å²) >= 11 is 0. The molecule has 4 rings (SSSR count). The van der Waals surface area contributed by atoms with Crippen molar-refractivity contribution in [3.63, 3.8) is 0 Å². The van der Waals surface area contributed by atoms with E-state index in [9.17, 15) is 19.2 Å². The van der Waals surface area contributed by atoms with E-state index in [0.717, 1.165) is 5.56 Å². The van der Waals surface area contributed by atoms with Gasteiger partial charge in [0.2, 0.25) is 17.7 Å². The molecule has 0 spiro atoms. The highest BCUT2D eigenvalue weighted by Gasteiger charge is 2.29. The fourth-order valence-corrected chi connectivity index (χ4v) is 4.68. The van der Waals surface area contributed by atoms with Crippen LogP contribution in [-0.2, 0) is 20.8 Å². The van der Waals surface area contributed by atoms with Crippen molar-refractivity contribution in [2.45, 2.75) is 51.2 Å². The van der Waals surface area contributed by atoms with Gasteiger partial charge in [-0.3, -0.25) is 19.2 Å². The van der Waals surface area contributed by atoms with Crippen molar-refractivity contribution in [3.8, 4) is 5.75 Å². The van der Waals surface area contributed by atoms with E-state index in [1.807, 2.05) is 50.2 Å². The zero-order chi connectivity index (χ0) is 29.9. The van der Waals surface area contributed by atoms with Crippen molar-refractivity contribution in [1.29, 1.82) is 0 Å². The number of carbonyl (C=O) groups excluding carboxylic acids is 4. The van der Waals surface area contributed by atoms with E-state index in [4.69, 9.17) is 4.74 Å². The lowest BCUT2D eigenvalue weighted by Crippen LogP contribution is -2.49. The monoisotopic (exact) mass is 570 g/mol. The zero-order valence-corrected chi connectivity index (χ0v) is 24.0. The number of carbonyl (C=O) groups is 4. The summed E-state index contributed by atoms with van der Waals surface area (Å²) in [7, 11) is 0. The van der Waals surface area contributed by atoms with Crippen molar-refractivity contribution in [2.75, 3.05) is 13.2 Å². The number of ether oxygens (including phenoxy) is 1. The average Bonchev–Trinajstić information content (AvgIpc) is 3.00. The SMILES string of the molecule is CC(C)[C@@H]1COc2ccccc2C(=O)N[C@H](C(=O)NCCc2ccccc2)CCC(=O)N[C@@H](c2ccccc2)C(=O)N1. The lowest BCUT2D eigenvalue weighted by atomic mass is 10.0. The van der Waals surface area contributed by atoms with E-state index in [2.05, 4.69) is 21.3 Å². The third-order valence-electron chi connectivity index (χ3n) is 7.22. The highest BCUT2D eigenvalue weighted by Crippen LogP contribution is 2.21. The summed E-state index contributed by atoms with van der Waals surface area (Å²) in [5.41, 5.74) is 1.96. The van der Waals surface area contributed by atoms with Crippen LogP contribution >= 0.6 is 0 Å². The Hall–Kier alpha value is -4.66. The minimum atomic E-state index is -0.982. The molecule has 0 aliphatic carbocycles. The molecule has 0 bridgehead atoms. The molecule has 4 N–H and O–H groups in total. The third kappa shape index (κ3) is 8.42. The van der Waals surface area contributed by atoms with Gasteiger partial charge in [0.05, 0.1) is 11.6 Å². The highest BCUT2D eigenvalue weighted by atomic mass is 16.5. The van der Waals surface area contributed by atoms with Gasteiger partial charge in [-0.15, -0.1) is 0 Å². The predicted octanol–water partition coefficient (Wildman–Crippen LogP) is 3.31. The standard InChI is InChI=1S/C33H38N4O5/c1-22(2)27-21-42-28-16-10-9-15-25(28)31(39)35-26(32(40)34-20-19-23-11-5-3-6-12-23)17-18-29(38)37-30(33(41)36-27)24-13-7-4-8-14-24/h3-16,22,26-27,30H,17-21H2,1-2H3,(H,34,40)(H,35,39)(H,36,41)(H,37,38)/t26-,27-,30-/m0/s1. The first kappa shape index (κ1) is 30.3. The summed E-state index contributed by atoms with van der Waals surface area (Å²) in [4.78, 5) is 53.3. The van der Waals surface area contributed by atoms with Crippen molar-refractivity contribution < 1.29 is 23.9 Å². The maximum Gasteiger partial charge on any atom is 0.255 e. The van der Waals surface area contributed by atoms with Crippen molar-refractivity contribution >= 4 is 23.6 Å². The van der Waals surface area contributed by atoms with Crippen molar-refractivity contribution in [3.05, 3.63) is 102 Å². The summed E-state index contributed by atoms with van der Waals surface area (Å²) in [6.45, 7) is 4.39. The fourth-order valence-electron chi connectivity index (χ4n) is 4.68. The number of hydrogen-bond acceptors (Lipinski definition) is 5. The maximum absolute atomic E-state index is 13.5. The van der Waals surface area contributed by atoms with Gasteiger partial charge >= 0.3 is 0 Å². The quantitative estimate of drug-likeness (QED) is 0.362. The Morgan fingerprint density at radius 3 is 2.26 bits per heavy atom. The highest BCUT2D eigenvalue weighted by molar-refractivity contribution is 6.00. The van der Waals surface area contributed by atoms with E-state index >= 15 is 0 Å². The number of para-hydroxylation sites is 1. The molecule has 0 saturated carbocycles. The molecule has 42 heavy (non-hydrogen) atoms. The summed E-state index contributed by atoms with van der Waals surface area (Å²) in [6.07, 6.45) is 0.574. The third-order valence-corrected chi connectivity index (χ3v) is 7.22. The Bertz CT molecular complexity index is 1360. The van der Waals surface area contributed by atoms with Gasteiger partial charge in [-0.2, -0.15) is 0 Å². The van der Waals surface area contributed by atoms with Crippen LogP contribution in [0.5, 0.6) is 5.75 Å². The molecule has 0 saturated heterocycles. The van der Waals surface area contributed by atoms with Crippen LogP contribution in [0, 0.1) is 5.92 Å². The summed E-state index contributed by atoms with van der Waals surface area (Å²) in [6, 6.07) is 23.2. The first-order valence-electron chi connectivity index (χ1n) is 14.3. The van der Waals surface area contributed by atoms with E-state index < -0.39 is 35.8 Å². The predicted molar refractivity (Wildman–Crippen MR) is 160 cm³/mol. The molecule has 9 heteroatoms. The molecule has 3 aromatic carbocycles. The molecule has 0 radical (unpaired) electrons. The molecule has 1 heterocycles. The molecule has 3 atom stereocenters. The lowest BCUT2D eigenvalue weighted by Gasteiger charge is -2.26. The van der Waals surface area contributed by atoms with E-state index in [-0.39, 0.29) is 36.8 Å². The molecule has 1 aliphatic heterocycles. The number of hydrogen-bond donors (Lipinski definition) is 4. The first-order chi connectivity index (χ1) is 20.3. The van der Waals surface area contributed by atoms with Crippen LogP contribution in [0.3, 0.4) is 0 Å². The summed E-state index contributed by atoms with van der Waals surface area (Å²) in [5.74, 6) is -1.33. The van der Waals surface area contributed by atoms with Crippen LogP contribution in [0.4, 0.5) is 0 Å². The minimum Gasteiger partial charge on any atom is -0.491 e.